The molecule has 0 atom stereocenters. The van der Waals surface area contributed by atoms with Crippen molar-refractivity contribution < 1.29 is 41.4 Å². The molecule has 1 aromatic rings. The first kappa shape index (κ1) is 17.5. The summed E-state index contributed by atoms with van der Waals surface area (Å²) in [5.74, 6) is -4.76. The number of aliphatic hydroxyl groups is 1. The molecule has 0 aliphatic rings. The number of allylic oxidation sites excluding steroid dienone is 1. The highest BCUT2D eigenvalue weighted by atomic mass is 19.4. The molecule has 0 aromatic heterocycles. The Hall–Kier alpha value is -2.59. The highest BCUT2D eigenvalue weighted by Gasteiger charge is 2.39. The maximum absolute atomic E-state index is 12.4. The van der Waals surface area contributed by atoms with Crippen molar-refractivity contribution in [1.82, 2.24) is 0 Å². The summed E-state index contributed by atoms with van der Waals surface area (Å²) in [4.78, 5) is 10.6. The van der Waals surface area contributed by atoms with Crippen molar-refractivity contribution in [2.24, 2.45) is 10.2 Å². The normalized spacial score (nSPS) is 14.1. The molecule has 0 spiro atoms. The molecule has 0 amide bonds. The lowest BCUT2D eigenvalue weighted by Crippen LogP contribution is -2.16. The molecule has 22 heavy (non-hydrogen) atoms. The van der Waals surface area contributed by atoms with Gasteiger partial charge in [0.05, 0.1) is 11.3 Å². The quantitative estimate of drug-likeness (QED) is 0.377. The number of hydrogen-bond acceptors (Lipinski definition) is 4. The lowest BCUT2D eigenvalue weighted by molar-refractivity contribution is -0.138. The number of benzene rings is 1. The van der Waals surface area contributed by atoms with E-state index in [0.717, 1.165) is 12.1 Å². The number of aliphatic carboxylic acids is 1. The van der Waals surface area contributed by atoms with E-state index in [-0.39, 0.29) is 0 Å². The fraction of sp³-hybridized carbons (Fsp3) is 0.182. The molecule has 120 valence electrons. The van der Waals surface area contributed by atoms with Crippen molar-refractivity contribution in [2.45, 2.75) is 12.4 Å². The molecule has 0 fully saturated rings. The minimum atomic E-state index is -5.39. The van der Waals surface area contributed by atoms with Crippen molar-refractivity contribution in [3.8, 4) is 0 Å². The molecule has 0 aliphatic heterocycles. The Morgan fingerprint density at radius 3 is 2.09 bits per heavy atom. The van der Waals surface area contributed by atoms with E-state index in [1.165, 1.54) is 0 Å². The van der Waals surface area contributed by atoms with Gasteiger partial charge in [-0.2, -0.15) is 31.5 Å². The first-order valence-electron chi connectivity index (χ1n) is 5.25. The van der Waals surface area contributed by atoms with E-state index >= 15 is 0 Å². The third-order valence-corrected chi connectivity index (χ3v) is 2.13. The number of rotatable bonds is 3. The van der Waals surface area contributed by atoms with E-state index in [2.05, 4.69) is 10.2 Å². The van der Waals surface area contributed by atoms with Gasteiger partial charge in [-0.05, 0) is 18.2 Å². The van der Waals surface area contributed by atoms with Crippen LogP contribution in [0.2, 0.25) is 0 Å². The highest BCUT2D eigenvalue weighted by molar-refractivity contribution is 5.86. The van der Waals surface area contributed by atoms with Crippen molar-refractivity contribution in [3.63, 3.8) is 0 Å². The number of aliphatic hydroxyl groups excluding tert-OH is 1. The number of hydrogen-bond donors (Lipinski definition) is 2. The maximum Gasteiger partial charge on any atom is 0.451 e. The maximum atomic E-state index is 12.4. The molecule has 0 aliphatic carbocycles. The van der Waals surface area contributed by atoms with Crippen LogP contribution >= 0.6 is 0 Å². The first-order valence-corrected chi connectivity index (χ1v) is 5.25. The molecule has 1 rings (SSSR count). The lowest BCUT2D eigenvalue weighted by Gasteiger charge is -2.07. The number of alkyl halides is 6. The second kappa shape index (κ2) is 6.03. The van der Waals surface area contributed by atoms with Gasteiger partial charge in [-0.25, -0.2) is 4.79 Å². The third-order valence-electron chi connectivity index (χ3n) is 2.13. The van der Waals surface area contributed by atoms with E-state index in [1.807, 2.05) is 0 Å². The molecule has 0 radical (unpaired) electrons. The largest absolute Gasteiger partial charge is 0.502 e. The Labute approximate surface area is 118 Å². The molecule has 0 saturated carbocycles. The number of carboxylic acids is 1. The molecule has 11 heteroatoms. The van der Waals surface area contributed by atoms with E-state index in [1.54, 1.807) is 0 Å². The van der Waals surface area contributed by atoms with Crippen molar-refractivity contribution in [2.75, 3.05) is 0 Å². The molecule has 1 aromatic carbocycles. The third kappa shape index (κ3) is 4.46. The van der Waals surface area contributed by atoms with Gasteiger partial charge in [0.1, 0.15) is 0 Å². The van der Waals surface area contributed by atoms with Gasteiger partial charge in [-0.15, -0.1) is 5.11 Å². The van der Waals surface area contributed by atoms with Crippen LogP contribution in [0.3, 0.4) is 0 Å². The molecule has 0 unspecified atom stereocenters. The Balaban J connectivity index is 3.22. The van der Waals surface area contributed by atoms with Crippen LogP contribution in [-0.2, 0) is 11.0 Å². The molecule has 0 saturated heterocycles. The zero-order valence-corrected chi connectivity index (χ0v) is 10.3. The van der Waals surface area contributed by atoms with E-state index in [4.69, 9.17) is 10.2 Å². The molecule has 0 bridgehead atoms. The summed E-state index contributed by atoms with van der Waals surface area (Å²) >= 11 is 0. The van der Waals surface area contributed by atoms with Crippen LogP contribution in [-0.4, -0.2) is 22.4 Å². The van der Waals surface area contributed by atoms with Gasteiger partial charge in [0, 0.05) is 0 Å². The van der Waals surface area contributed by atoms with Crippen LogP contribution in [0.25, 0.3) is 0 Å². The average molecular weight is 328 g/mol. The van der Waals surface area contributed by atoms with Crippen molar-refractivity contribution in [1.29, 1.82) is 0 Å². The van der Waals surface area contributed by atoms with Crippen LogP contribution in [0, 0.1) is 0 Å². The zero-order valence-electron chi connectivity index (χ0n) is 10.3. The fourth-order valence-electron chi connectivity index (χ4n) is 1.18. The monoisotopic (exact) mass is 328 g/mol. The van der Waals surface area contributed by atoms with Crippen molar-refractivity contribution in [3.05, 3.63) is 41.3 Å². The number of carbonyl (C=O) groups is 1. The summed E-state index contributed by atoms with van der Waals surface area (Å²) in [5, 5.41) is 22.8. The standard InChI is InChI=1S/C11H6F6N2O3/c12-10(13,14)5-2-1-3-6(4-5)18-19-7(9(21)22)8(20)11(15,16)17/h1-4,20H,(H,21,22). The number of nitrogens with zero attached hydrogens (tertiary/aromatic N) is 2. The predicted molar refractivity (Wildman–Crippen MR) is 59.3 cm³/mol. The SMILES string of the molecule is O=C(O)C(N=Nc1cccc(C(F)(F)F)c1)=C(O)C(F)(F)F. The van der Waals surface area contributed by atoms with Crippen LogP contribution in [0.1, 0.15) is 5.56 Å². The van der Waals surface area contributed by atoms with Gasteiger partial charge in [-0.1, -0.05) is 6.07 Å². The average Bonchev–Trinajstić information content (AvgIpc) is 2.36. The molecular formula is C11H6F6N2O3. The topological polar surface area (TPSA) is 82.2 Å². The smallest absolute Gasteiger partial charge is 0.451 e. The van der Waals surface area contributed by atoms with Crippen molar-refractivity contribution >= 4 is 11.7 Å². The summed E-state index contributed by atoms with van der Waals surface area (Å²) < 4.78 is 73.8. The number of azo groups is 1. The number of carboxylic acid groups (broad SMARTS) is 1. The molecule has 5 nitrogen and oxygen atoms in total. The van der Waals surface area contributed by atoms with Crippen LogP contribution < -0.4 is 0 Å². The zero-order chi connectivity index (χ0) is 17.1. The minimum Gasteiger partial charge on any atom is -0.502 e. The summed E-state index contributed by atoms with van der Waals surface area (Å²) in [6.07, 6.45) is -10.1. The Bertz CT molecular complexity index is 633. The minimum absolute atomic E-state index is 0.452. The summed E-state index contributed by atoms with van der Waals surface area (Å²) in [6, 6.07) is 3.00. The Morgan fingerprint density at radius 1 is 1.05 bits per heavy atom. The van der Waals surface area contributed by atoms with Gasteiger partial charge < -0.3 is 10.2 Å². The number of halogens is 6. The van der Waals surface area contributed by atoms with Crippen LogP contribution in [0.4, 0.5) is 32.0 Å². The fourth-order valence-corrected chi connectivity index (χ4v) is 1.18. The molecular weight excluding hydrogens is 322 g/mol. The summed E-state index contributed by atoms with van der Waals surface area (Å²) in [7, 11) is 0. The van der Waals surface area contributed by atoms with Gasteiger partial charge in [0.25, 0.3) is 0 Å². The van der Waals surface area contributed by atoms with Gasteiger partial charge in [0.2, 0.25) is 11.5 Å². The molecule has 0 heterocycles. The molecule has 2 N–H and O–H groups in total. The predicted octanol–water partition coefficient (Wildman–Crippen LogP) is 4.21. The Kier molecular flexibility index (Phi) is 4.79. The summed E-state index contributed by atoms with van der Waals surface area (Å²) in [6.45, 7) is 0. The van der Waals surface area contributed by atoms with Crippen LogP contribution in [0.5, 0.6) is 0 Å². The first-order chi connectivity index (χ1) is 9.93. The highest BCUT2D eigenvalue weighted by Crippen LogP contribution is 2.32. The Morgan fingerprint density at radius 2 is 1.64 bits per heavy atom. The van der Waals surface area contributed by atoms with E-state index < -0.39 is 41.0 Å². The van der Waals surface area contributed by atoms with Gasteiger partial charge in [-0.3, -0.25) is 0 Å². The second-order valence-corrected chi connectivity index (χ2v) is 3.75. The van der Waals surface area contributed by atoms with E-state index in [0.29, 0.717) is 12.1 Å². The van der Waals surface area contributed by atoms with Gasteiger partial charge >= 0.3 is 18.3 Å². The second-order valence-electron chi connectivity index (χ2n) is 3.75. The van der Waals surface area contributed by atoms with Crippen LogP contribution in [0.15, 0.2) is 46.0 Å². The summed E-state index contributed by atoms with van der Waals surface area (Å²) in [5.41, 5.74) is -3.53. The van der Waals surface area contributed by atoms with E-state index in [9.17, 15) is 31.1 Å². The van der Waals surface area contributed by atoms with Gasteiger partial charge in [0.15, 0.2) is 0 Å². The lowest BCUT2D eigenvalue weighted by atomic mass is 10.2.